The quantitative estimate of drug-likeness (QED) is 0.0282. The number of allylic oxidation sites excluding steroid dienone is 12. The van der Waals surface area contributed by atoms with Gasteiger partial charge in [-0.2, -0.15) is 0 Å². The van der Waals surface area contributed by atoms with Crippen LogP contribution in [0.25, 0.3) is 0 Å². The summed E-state index contributed by atoms with van der Waals surface area (Å²) in [4.78, 5) is 34.7. The van der Waals surface area contributed by atoms with E-state index in [1.165, 1.54) is 25.7 Å². The van der Waals surface area contributed by atoms with Gasteiger partial charge in [0.05, 0.1) is 13.2 Å². The number of esters is 2. The van der Waals surface area contributed by atoms with Crippen LogP contribution in [0.1, 0.15) is 142 Å². The zero-order valence-electron chi connectivity index (χ0n) is 31.8. The van der Waals surface area contributed by atoms with Gasteiger partial charge in [0.25, 0.3) is 0 Å². The molecule has 2 unspecified atom stereocenters. The van der Waals surface area contributed by atoms with Crippen molar-refractivity contribution in [2.24, 2.45) is 5.73 Å². The third kappa shape index (κ3) is 37.0. The second-order valence-corrected chi connectivity index (χ2v) is 13.9. The van der Waals surface area contributed by atoms with Gasteiger partial charge in [-0.3, -0.25) is 18.6 Å². The second kappa shape index (κ2) is 37.2. The first-order valence-electron chi connectivity index (χ1n) is 19.4. The predicted octanol–water partition coefficient (Wildman–Crippen LogP) is 10.7. The van der Waals surface area contributed by atoms with Gasteiger partial charge in [0.1, 0.15) is 6.61 Å². The molecule has 3 N–H and O–H groups in total. The van der Waals surface area contributed by atoms with E-state index < -0.39 is 32.5 Å². The monoisotopic (exact) mass is 735 g/mol. The Morgan fingerprint density at radius 2 is 1.10 bits per heavy atom. The topological polar surface area (TPSA) is 134 Å². The third-order valence-electron chi connectivity index (χ3n) is 7.58. The fourth-order valence-electron chi connectivity index (χ4n) is 4.72. The smallest absolute Gasteiger partial charge is 0.462 e. The maximum atomic E-state index is 12.5. The van der Waals surface area contributed by atoms with Crippen LogP contribution in [0.4, 0.5) is 0 Å². The lowest BCUT2D eigenvalue weighted by molar-refractivity contribution is -0.161. The lowest BCUT2D eigenvalue weighted by atomic mass is 10.1. The average molecular weight is 736 g/mol. The molecule has 2 atom stereocenters. The van der Waals surface area contributed by atoms with Gasteiger partial charge in [0.15, 0.2) is 6.10 Å². The summed E-state index contributed by atoms with van der Waals surface area (Å²) in [5.74, 6) is -0.916. The summed E-state index contributed by atoms with van der Waals surface area (Å²) in [5.41, 5.74) is 5.33. The van der Waals surface area contributed by atoms with E-state index in [-0.39, 0.29) is 32.6 Å². The number of phosphoric ester groups is 1. The van der Waals surface area contributed by atoms with E-state index in [1.807, 2.05) is 6.08 Å². The van der Waals surface area contributed by atoms with Crippen molar-refractivity contribution >= 4 is 19.8 Å². The molecule has 0 aliphatic rings. The predicted molar refractivity (Wildman–Crippen MR) is 210 cm³/mol. The van der Waals surface area contributed by atoms with E-state index in [4.69, 9.17) is 24.3 Å². The Balaban J connectivity index is 4.34. The maximum Gasteiger partial charge on any atom is 0.472 e. The van der Waals surface area contributed by atoms with Gasteiger partial charge in [-0.05, 0) is 77.0 Å². The molecule has 292 valence electrons. The van der Waals surface area contributed by atoms with Crippen molar-refractivity contribution in [1.82, 2.24) is 0 Å². The van der Waals surface area contributed by atoms with Crippen molar-refractivity contribution < 1.29 is 37.6 Å². The van der Waals surface area contributed by atoms with E-state index >= 15 is 0 Å². The molecular formula is C41H70NO8P. The highest BCUT2D eigenvalue weighted by Crippen LogP contribution is 2.43. The van der Waals surface area contributed by atoms with Crippen LogP contribution >= 0.6 is 7.82 Å². The van der Waals surface area contributed by atoms with Crippen molar-refractivity contribution in [1.29, 1.82) is 0 Å². The van der Waals surface area contributed by atoms with Gasteiger partial charge in [-0.1, -0.05) is 125 Å². The van der Waals surface area contributed by atoms with Crippen LogP contribution in [0.15, 0.2) is 72.9 Å². The minimum atomic E-state index is -4.39. The number of hydrogen-bond acceptors (Lipinski definition) is 8. The average Bonchev–Trinajstić information content (AvgIpc) is 3.11. The molecule has 0 fully saturated rings. The number of phosphoric acid groups is 1. The van der Waals surface area contributed by atoms with Crippen LogP contribution in [0.5, 0.6) is 0 Å². The summed E-state index contributed by atoms with van der Waals surface area (Å²) < 4.78 is 32.6. The standard InChI is InChI=1S/C41H70NO8P/c1-3-5-7-9-11-13-15-17-18-19-20-22-23-25-27-29-31-33-40(43)47-37-39(38-49-51(45,46)48-36-35-42)50-41(44)34-32-30-28-26-24-21-16-14-12-10-8-6-4-2/h5,7,11,13-14,16-18,20,22,25,27,39H,3-4,6,8-10,12,15,19,21,23-24,26,28-38,42H2,1-2H3,(H,45,46). The highest BCUT2D eigenvalue weighted by atomic mass is 31.2. The van der Waals surface area contributed by atoms with Gasteiger partial charge in [0, 0.05) is 19.4 Å². The normalized spacial score (nSPS) is 14.2. The summed E-state index contributed by atoms with van der Waals surface area (Å²) in [7, 11) is -4.39. The van der Waals surface area contributed by atoms with Gasteiger partial charge in [0.2, 0.25) is 0 Å². The van der Waals surface area contributed by atoms with E-state index in [0.717, 1.165) is 77.0 Å². The van der Waals surface area contributed by atoms with E-state index in [9.17, 15) is 19.0 Å². The summed E-state index contributed by atoms with van der Waals surface area (Å²) in [6.45, 7) is 3.50. The minimum Gasteiger partial charge on any atom is -0.462 e. The minimum absolute atomic E-state index is 0.0411. The molecule has 0 aromatic heterocycles. The molecule has 0 spiro atoms. The van der Waals surface area contributed by atoms with Crippen LogP contribution in [0, 0.1) is 0 Å². The number of rotatable bonds is 35. The molecule has 0 aliphatic heterocycles. The van der Waals surface area contributed by atoms with Crippen LogP contribution < -0.4 is 5.73 Å². The Morgan fingerprint density at radius 1 is 0.608 bits per heavy atom. The Labute approximate surface area is 310 Å². The van der Waals surface area contributed by atoms with Crippen LogP contribution in [-0.4, -0.2) is 49.3 Å². The van der Waals surface area contributed by atoms with Gasteiger partial charge in [-0.15, -0.1) is 0 Å². The van der Waals surface area contributed by atoms with Crippen molar-refractivity contribution in [3.63, 3.8) is 0 Å². The summed E-state index contributed by atoms with van der Waals surface area (Å²) in [5, 5.41) is 0. The Kier molecular flexibility index (Phi) is 35.4. The molecule has 0 saturated heterocycles. The summed E-state index contributed by atoms with van der Waals surface area (Å²) in [6, 6.07) is 0. The lowest BCUT2D eigenvalue weighted by Crippen LogP contribution is -2.29. The molecule has 0 heterocycles. The molecule has 51 heavy (non-hydrogen) atoms. The molecule has 0 aromatic rings. The van der Waals surface area contributed by atoms with Crippen molar-refractivity contribution in [2.75, 3.05) is 26.4 Å². The molecule has 0 bridgehead atoms. The first-order valence-corrected chi connectivity index (χ1v) is 20.9. The third-order valence-corrected chi connectivity index (χ3v) is 8.56. The fraction of sp³-hybridized carbons (Fsp3) is 0.659. The maximum absolute atomic E-state index is 12.5. The molecule has 0 rings (SSSR count). The number of hydrogen-bond donors (Lipinski definition) is 2. The number of nitrogens with two attached hydrogens (primary N) is 1. The van der Waals surface area contributed by atoms with Gasteiger partial charge in [-0.25, -0.2) is 4.57 Å². The Morgan fingerprint density at radius 3 is 1.69 bits per heavy atom. The highest BCUT2D eigenvalue weighted by molar-refractivity contribution is 7.47. The van der Waals surface area contributed by atoms with Crippen molar-refractivity contribution in [2.45, 2.75) is 148 Å². The van der Waals surface area contributed by atoms with Gasteiger partial charge < -0.3 is 20.1 Å². The molecule has 10 heteroatoms. The Bertz CT molecular complexity index is 1070. The molecule has 0 aliphatic carbocycles. The fourth-order valence-corrected chi connectivity index (χ4v) is 5.49. The number of unbranched alkanes of at least 4 members (excludes halogenated alkanes) is 10. The molecule has 0 saturated carbocycles. The molecule has 0 aromatic carbocycles. The van der Waals surface area contributed by atoms with Crippen LogP contribution in [0.3, 0.4) is 0 Å². The largest absolute Gasteiger partial charge is 0.472 e. The van der Waals surface area contributed by atoms with Crippen LogP contribution in [-0.2, 0) is 32.7 Å². The molecule has 9 nitrogen and oxygen atoms in total. The Hall–Kier alpha value is -2.55. The molecule has 0 amide bonds. The van der Waals surface area contributed by atoms with E-state index in [2.05, 4.69) is 80.7 Å². The van der Waals surface area contributed by atoms with Crippen LogP contribution in [0.2, 0.25) is 0 Å². The number of carbonyl (C=O) groups is 2. The molecular weight excluding hydrogens is 665 g/mol. The second-order valence-electron chi connectivity index (χ2n) is 12.4. The summed E-state index contributed by atoms with van der Waals surface area (Å²) >= 11 is 0. The van der Waals surface area contributed by atoms with Crippen molar-refractivity contribution in [3.05, 3.63) is 72.9 Å². The lowest BCUT2D eigenvalue weighted by Gasteiger charge is -2.19. The highest BCUT2D eigenvalue weighted by Gasteiger charge is 2.25. The first kappa shape index (κ1) is 48.5. The van der Waals surface area contributed by atoms with Crippen molar-refractivity contribution in [3.8, 4) is 0 Å². The zero-order valence-corrected chi connectivity index (χ0v) is 32.7. The first-order chi connectivity index (χ1) is 24.8. The number of ether oxygens (including phenoxy) is 2. The summed E-state index contributed by atoms with van der Waals surface area (Å²) in [6.07, 6.45) is 43.7. The SMILES string of the molecule is CCC=CCC=CCC=CCC=CCC=CCCCC(=O)OCC(COP(=O)(O)OCCN)OC(=O)CCCCCCCC=CCCCCCC. The van der Waals surface area contributed by atoms with Gasteiger partial charge >= 0.3 is 19.8 Å². The molecule has 0 radical (unpaired) electrons. The zero-order chi connectivity index (χ0) is 37.5. The van der Waals surface area contributed by atoms with E-state index in [1.54, 1.807) is 0 Å². The number of carbonyl (C=O) groups excluding carboxylic acids is 2. The van der Waals surface area contributed by atoms with E-state index in [0.29, 0.717) is 12.8 Å².